The largest absolute Gasteiger partial charge is 0.388 e. The summed E-state index contributed by atoms with van der Waals surface area (Å²) < 4.78 is 38.0. The molecule has 0 radical (unpaired) electrons. The van der Waals surface area contributed by atoms with Crippen molar-refractivity contribution in [3.05, 3.63) is 70.0 Å². The third kappa shape index (κ3) is 3.52. The topological polar surface area (TPSA) is 20.2 Å². The Bertz CT molecular complexity index is 584. The Morgan fingerprint density at radius 1 is 1.00 bits per heavy atom. The quantitative estimate of drug-likeness (QED) is 0.868. The van der Waals surface area contributed by atoms with Crippen molar-refractivity contribution in [1.29, 1.82) is 0 Å². The fraction of sp³-hybridized carbons (Fsp3) is 0.200. The Hall–Kier alpha value is -1.52. The molecule has 0 aliphatic carbocycles. The van der Waals surface area contributed by atoms with Crippen molar-refractivity contribution in [2.45, 2.75) is 19.0 Å². The second kappa shape index (κ2) is 6.29. The normalized spacial score (nSPS) is 12.7. The van der Waals surface area contributed by atoms with Gasteiger partial charge in [-0.05, 0) is 29.3 Å². The van der Waals surface area contributed by atoms with Crippen LogP contribution in [0.1, 0.15) is 29.2 Å². The maximum atomic E-state index is 13.1. The van der Waals surface area contributed by atoms with Gasteiger partial charge in [-0.2, -0.15) is 0 Å². The zero-order valence-electron chi connectivity index (χ0n) is 10.4. The van der Waals surface area contributed by atoms with Crippen molar-refractivity contribution in [2.24, 2.45) is 0 Å². The Kier molecular flexibility index (Phi) is 4.68. The van der Waals surface area contributed by atoms with E-state index >= 15 is 0 Å². The van der Waals surface area contributed by atoms with Gasteiger partial charge in [-0.25, -0.2) is 13.2 Å². The molecule has 1 atom stereocenters. The standard InChI is InChI=1S/C15H12ClF3O/c16-13-6-5-12(17)7-11(13)8-14(20)9-1-3-10(4-2-9)15(18)19/h1-7,14-15,20H,8H2. The molecule has 0 fully saturated rings. The van der Waals surface area contributed by atoms with Gasteiger partial charge in [0.1, 0.15) is 5.82 Å². The zero-order valence-corrected chi connectivity index (χ0v) is 11.1. The molecule has 0 aliphatic rings. The molecule has 2 aromatic rings. The Morgan fingerprint density at radius 2 is 1.60 bits per heavy atom. The van der Waals surface area contributed by atoms with E-state index in [1.165, 1.54) is 42.5 Å². The van der Waals surface area contributed by atoms with Crippen molar-refractivity contribution >= 4 is 11.6 Å². The SMILES string of the molecule is OC(Cc1cc(F)ccc1Cl)c1ccc(C(F)F)cc1. The molecule has 0 aromatic heterocycles. The fourth-order valence-corrected chi connectivity index (χ4v) is 2.08. The molecule has 20 heavy (non-hydrogen) atoms. The van der Waals surface area contributed by atoms with Gasteiger partial charge >= 0.3 is 0 Å². The van der Waals surface area contributed by atoms with Crippen LogP contribution in [0.4, 0.5) is 13.2 Å². The predicted molar refractivity (Wildman–Crippen MR) is 71.5 cm³/mol. The van der Waals surface area contributed by atoms with Crippen LogP contribution in [0, 0.1) is 5.82 Å². The minimum atomic E-state index is -2.54. The molecular weight excluding hydrogens is 289 g/mol. The Morgan fingerprint density at radius 3 is 2.20 bits per heavy atom. The second-order valence-corrected chi connectivity index (χ2v) is 4.83. The molecule has 1 unspecified atom stereocenters. The Balaban J connectivity index is 2.15. The van der Waals surface area contributed by atoms with E-state index in [1.54, 1.807) is 0 Å². The van der Waals surface area contributed by atoms with Gasteiger partial charge in [-0.1, -0.05) is 35.9 Å². The third-order valence-corrected chi connectivity index (χ3v) is 3.36. The molecule has 106 valence electrons. The van der Waals surface area contributed by atoms with E-state index in [1.807, 2.05) is 0 Å². The van der Waals surface area contributed by atoms with Crippen molar-refractivity contribution in [2.75, 3.05) is 0 Å². The molecular formula is C15H12ClF3O. The minimum Gasteiger partial charge on any atom is -0.388 e. The molecule has 5 heteroatoms. The maximum absolute atomic E-state index is 13.1. The van der Waals surface area contributed by atoms with Crippen molar-refractivity contribution in [3.63, 3.8) is 0 Å². The number of aliphatic hydroxyl groups is 1. The molecule has 1 N–H and O–H groups in total. The zero-order chi connectivity index (χ0) is 14.7. The number of hydrogen-bond acceptors (Lipinski definition) is 1. The minimum absolute atomic E-state index is 0.107. The molecule has 0 saturated heterocycles. The highest BCUT2D eigenvalue weighted by Gasteiger charge is 2.13. The number of hydrogen-bond donors (Lipinski definition) is 1. The summed E-state index contributed by atoms with van der Waals surface area (Å²) in [5.74, 6) is -0.440. The first-order valence-electron chi connectivity index (χ1n) is 5.97. The number of aliphatic hydroxyl groups excluding tert-OH is 1. The lowest BCUT2D eigenvalue weighted by Gasteiger charge is -2.13. The summed E-state index contributed by atoms with van der Waals surface area (Å²) >= 11 is 5.92. The summed E-state index contributed by atoms with van der Waals surface area (Å²) in [7, 11) is 0. The first-order chi connectivity index (χ1) is 9.47. The van der Waals surface area contributed by atoms with Crippen molar-refractivity contribution in [3.8, 4) is 0 Å². The van der Waals surface area contributed by atoms with Crippen LogP contribution >= 0.6 is 11.6 Å². The molecule has 0 saturated carbocycles. The molecule has 0 spiro atoms. The summed E-state index contributed by atoms with van der Waals surface area (Å²) in [6, 6.07) is 9.28. The fourth-order valence-electron chi connectivity index (χ4n) is 1.89. The molecule has 0 bridgehead atoms. The van der Waals surface area contributed by atoms with E-state index in [-0.39, 0.29) is 12.0 Å². The lowest BCUT2D eigenvalue weighted by atomic mass is 10.0. The highest BCUT2D eigenvalue weighted by Crippen LogP contribution is 2.26. The van der Waals surface area contributed by atoms with Gasteiger partial charge in [-0.15, -0.1) is 0 Å². The molecule has 2 rings (SSSR count). The van der Waals surface area contributed by atoms with Crippen LogP contribution in [0.15, 0.2) is 42.5 Å². The predicted octanol–water partition coefficient (Wildman–Crippen LogP) is 4.69. The van der Waals surface area contributed by atoms with Crippen LogP contribution in [0.5, 0.6) is 0 Å². The van der Waals surface area contributed by atoms with E-state index in [0.29, 0.717) is 16.1 Å². The summed E-state index contributed by atoms with van der Waals surface area (Å²) in [6.45, 7) is 0. The van der Waals surface area contributed by atoms with E-state index < -0.39 is 18.3 Å². The van der Waals surface area contributed by atoms with Crippen LogP contribution in [0.3, 0.4) is 0 Å². The average molecular weight is 301 g/mol. The van der Waals surface area contributed by atoms with Gasteiger partial charge in [-0.3, -0.25) is 0 Å². The Labute approximate surface area is 119 Å². The molecule has 1 nitrogen and oxygen atoms in total. The van der Waals surface area contributed by atoms with Gasteiger partial charge in [0.2, 0.25) is 0 Å². The second-order valence-electron chi connectivity index (χ2n) is 4.42. The number of alkyl halides is 2. The van der Waals surface area contributed by atoms with Crippen LogP contribution in [0.25, 0.3) is 0 Å². The number of benzene rings is 2. The summed E-state index contributed by atoms with van der Waals surface area (Å²) in [5, 5.41) is 10.4. The highest BCUT2D eigenvalue weighted by molar-refractivity contribution is 6.31. The lowest BCUT2D eigenvalue weighted by molar-refractivity contribution is 0.151. The number of halogens is 4. The van der Waals surface area contributed by atoms with Gasteiger partial charge in [0.05, 0.1) is 6.10 Å². The lowest BCUT2D eigenvalue weighted by Crippen LogP contribution is -2.03. The summed E-state index contributed by atoms with van der Waals surface area (Å²) in [4.78, 5) is 0. The summed E-state index contributed by atoms with van der Waals surface area (Å²) in [5.41, 5.74) is 0.844. The van der Waals surface area contributed by atoms with Crippen LogP contribution < -0.4 is 0 Å². The van der Waals surface area contributed by atoms with E-state index in [4.69, 9.17) is 11.6 Å². The van der Waals surface area contributed by atoms with Crippen molar-refractivity contribution in [1.82, 2.24) is 0 Å². The molecule has 2 aromatic carbocycles. The van der Waals surface area contributed by atoms with Crippen LogP contribution in [0.2, 0.25) is 5.02 Å². The molecule has 0 heterocycles. The maximum Gasteiger partial charge on any atom is 0.263 e. The van der Waals surface area contributed by atoms with Crippen LogP contribution in [-0.4, -0.2) is 5.11 Å². The van der Waals surface area contributed by atoms with E-state index in [0.717, 1.165) is 0 Å². The first kappa shape index (κ1) is 14.9. The monoisotopic (exact) mass is 300 g/mol. The van der Waals surface area contributed by atoms with Crippen LogP contribution in [-0.2, 0) is 6.42 Å². The molecule has 0 aliphatic heterocycles. The average Bonchev–Trinajstić information content (AvgIpc) is 2.43. The smallest absolute Gasteiger partial charge is 0.263 e. The molecule has 0 amide bonds. The van der Waals surface area contributed by atoms with Crippen molar-refractivity contribution < 1.29 is 18.3 Å². The number of rotatable bonds is 4. The van der Waals surface area contributed by atoms with E-state index in [2.05, 4.69) is 0 Å². The highest BCUT2D eigenvalue weighted by atomic mass is 35.5. The summed E-state index contributed by atoms with van der Waals surface area (Å²) in [6.07, 6.45) is -3.36. The first-order valence-corrected chi connectivity index (χ1v) is 6.35. The van der Waals surface area contributed by atoms with Gasteiger partial charge < -0.3 is 5.11 Å². The van der Waals surface area contributed by atoms with Gasteiger partial charge in [0.15, 0.2) is 0 Å². The van der Waals surface area contributed by atoms with E-state index in [9.17, 15) is 18.3 Å². The van der Waals surface area contributed by atoms with Gasteiger partial charge in [0.25, 0.3) is 6.43 Å². The third-order valence-electron chi connectivity index (χ3n) is 2.99. The van der Waals surface area contributed by atoms with Gasteiger partial charge in [0, 0.05) is 17.0 Å².